The number of fused-ring (bicyclic) bond motifs is 1. The summed E-state index contributed by atoms with van der Waals surface area (Å²) >= 11 is 0. The fourth-order valence-electron chi connectivity index (χ4n) is 3.40. The van der Waals surface area contributed by atoms with Crippen molar-refractivity contribution in [1.29, 1.82) is 0 Å². The van der Waals surface area contributed by atoms with E-state index in [-0.39, 0.29) is 18.6 Å². The van der Waals surface area contributed by atoms with E-state index in [1.807, 2.05) is 85.9 Å². The number of aromatic nitrogens is 2. The molecule has 29 heavy (non-hydrogen) atoms. The quantitative estimate of drug-likeness (QED) is 0.522. The maximum absolute atomic E-state index is 12.6. The van der Waals surface area contributed by atoms with Crippen LogP contribution in [-0.2, 0) is 18.3 Å². The third kappa shape index (κ3) is 4.46. The van der Waals surface area contributed by atoms with Crippen molar-refractivity contribution < 1.29 is 9.53 Å². The number of carbonyl (C=O) groups is 1. The maximum Gasteiger partial charge on any atom is 0.258 e. The minimum absolute atomic E-state index is 0.0319. The Kier molecular flexibility index (Phi) is 5.56. The Morgan fingerprint density at radius 3 is 2.34 bits per heavy atom. The van der Waals surface area contributed by atoms with Gasteiger partial charge >= 0.3 is 0 Å². The lowest BCUT2D eigenvalue weighted by atomic mass is 10.0. The van der Waals surface area contributed by atoms with Gasteiger partial charge < -0.3 is 14.6 Å². The molecule has 5 nitrogen and oxygen atoms in total. The average Bonchev–Trinajstić information content (AvgIpc) is 3.09. The summed E-state index contributed by atoms with van der Waals surface area (Å²) in [5.41, 5.74) is 3.07. The van der Waals surface area contributed by atoms with Gasteiger partial charge in [-0.05, 0) is 29.8 Å². The summed E-state index contributed by atoms with van der Waals surface area (Å²) < 4.78 is 7.67. The SMILES string of the molecule is Cn1c(C[C@@H](NC(=O)COc2ccccc2)c2ccccc2)nc2ccccc21. The highest BCUT2D eigenvalue weighted by atomic mass is 16.5. The lowest BCUT2D eigenvalue weighted by Crippen LogP contribution is -2.34. The largest absolute Gasteiger partial charge is 0.484 e. The molecule has 1 aromatic heterocycles. The summed E-state index contributed by atoms with van der Waals surface area (Å²) in [4.78, 5) is 17.3. The van der Waals surface area contributed by atoms with Crippen molar-refractivity contribution in [3.63, 3.8) is 0 Å². The van der Waals surface area contributed by atoms with Gasteiger partial charge in [0.15, 0.2) is 6.61 Å². The molecule has 1 atom stereocenters. The minimum atomic E-state index is -0.196. The number of carbonyl (C=O) groups excluding carboxylic acids is 1. The molecular formula is C24H23N3O2. The molecule has 1 N–H and O–H groups in total. The third-order valence-electron chi connectivity index (χ3n) is 4.92. The van der Waals surface area contributed by atoms with Gasteiger partial charge in [0.25, 0.3) is 5.91 Å². The van der Waals surface area contributed by atoms with Gasteiger partial charge in [-0.15, -0.1) is 0 Å². The molecule has 0 radical (unpaired) electrons. The fraction of sp³-hybridized carbons (Fsp3) is 0.167. The number of rotatable bonds is 7. The molecule has 1 amide bonds. The van der Waals surface area contributed by atoms with Crippen LogP contribution in [0.15, 0.2) is 84.9 Å². The highest BCUT2D eigenvalue weighted by Crippen LogP contribution is 2.21. The smallest absolute Gasteiger partial charge is 0.258 e. The number of hydrogen-bond acceptors (Lipinski definition) is 3. The van der Waals surface area contributed by atoms with Crippen LogP contribution < -0.4 is 10.1 Å². The number of imidazole rings is 1. The second kappa shape index (κ2) is 8.61. The van der Waals surface area contributed by atoms with Gasteiger partial charge in [0.05, 0.1) is 17.1 Å². The number of hydrogen-bond donors (Lipinski definition) is 1. The topological polar surface area (TPSA) is 56.2 Å². The normalized spacial score (nSPS) is 11.9. The molecule has 0 spiro atoms. The summed E-state index contributed by atoms with van der Waals surface area (Å²) in [6.45, 7) is -0.0319. The van der Waals surface area contributed by atoms with E-state index in [4.69, 9.17) is 9.72 Å². The number of nitrogens with one attached hydrogen (secondary N) is 1. The molecule has 0 bridgehead atoms. The Morgan fingerprint density at radius 1 is 0.966 bits per heavy atom. The Hall–Kier alpha value is -3.60. The highest BCUT2D eigenvalue weighted by Gasteiger charge is 2.19. The second-order valence-corrected chi connectivity index (χ2v) is 6.91. The summed E-state index contributed by atoms with van der Waals surface area (Å²) in [6.07, 6.45) is 0.590. The number of nitrogens with zero attached hydrogens (tertiary/aromatic N) is 2. The number of ether oxygens (including phenoxy) is 1. The van der Waals surface area contributed by atoms with E-state index >= 15 is 0 Å². The molecule has 0 fully saturated rings. The van der Waals surface area contributed by atoms with Gasteiger partial charge in [0.2, 0.25) is 0 Å². The first-order chi connectivity index (χ1) is 14.2. The van der Waals surface area contributed by atoms with Gasteiger partial charge in [-0.3, -0.25) is 4.79 Å². The van der Waals surface area contributed by atoms with Crippen molar-refractivity contribution in [2.24, 2.45) is 7.05 Å². The lowest BCUT2D eigenvalue weighted by Gasteiger charge is -2.19. The fourth-order valence-corrected chi connectivity index (χ4v) is 3.40. The molecule has 0 aliphatic carbocycles. The van der Waals surface area contributed by atoms with Gasteiger partial charge in [-0.25, -0.2) is 4.98 Å². The second-order valence-electron chi connectivity index (χ2n) is 6.91. The predicted molar refractivity (Wildman–Crippen MR) is 114 cm³/mol. The van der Waals surface area contributed by atoms with Crippen LogP contribution in [0.2, 0.25) is 0 Å². The molecular weight excluding hydrogens is 362 g/mol. The number of benzene rings is 3. The first kappa shape index (κ1) is 18.7. The van der Waals surface area contributed by atoms with Crippen molar-refractivity contribution in [3.05, 3.63) is 96.3 Å². The van der Waals surface area contributed by atoms with Gasteiger partial charge in [-0.2, -0.15) is 0 Å². The maximum atomic E-state index is 12.6. The van der Waals surface area contributed by atoms with Crippen LogP contribution in [0.5, 0.6) is 5.75 Å². The Balaban J connectivity index is 1.52. The van der Waals surface area contributed by atoms with Crippen LogP contribution in [0.25, 0.3) is 11.0 Å². The molecule has 0 aliphatic heterocycles. The van der Waals surface area contributed by atoms with Crippen molar-refractivity contribution in [2.45, 2.75) is 12.5 Å². The van der Waals surface area contributed by atoms with E-state index in [0.29, 0.717) is 12.2 Å². The zero-order chi connectivity index (χ0) is 20.1. The van der Waals surface area contributed by atoms with Crippen LogP contribution in [0.3, 0.4) is 0 Å². The van der Waals surface area contributed by atoms with E-state index < -0.39 is 0 Å². The van der Waals surface area contributed by atoms with Crippen LogP contribution in [-0.4, -0.2) is 22.1 Å². The molecule has 0 saturated carbocycles. The van der Waals surface area contributed by atoms with E-state index in [0.717, 1.165) is 22.4 Å². The van der Waals surface area contributed by atoms with Gasteiger partial charge in [0.1, 0.15) is 11.6 Å². The van der Waals surface area contributed by atoms with Crippen LogP contribution >= 0.6 is 0 Å². The minimum Gasteiger partial charge on any atom is -0.484 e. The molecule has 1 heterocycles. The molecule has 5 heteroatoms. The van der Waals surface area contributed by atoms with Gasteiger partial charge in [-0.1, -0.05) is 60.7 Å². The van der Waals surface area contributed by atoms with Crippen molar-refractivity contribution in [1.82, 2.24) is 14.9 Å². The molecule has 146 valence electrons. The number of para-hydroxylation sites is 3. The molecule has 0 unspecified atom stereocenters. The highest BCUT2D eigenvalue weighted by molar-refractivity contribution is 5.78. The Morgan fingerprint density at radius 2 is 1.62 bits per heavy atom. The third-order valence-corrected chi connectivity index (χ3v) is 4.92. The zero-order valence-electron chi connectivity index (χ0n) is 16.3. The zero-order valence-corrected chi connectivity index (χ0v) is 16.3. The summed E-state index contributed by atoms with van der Waals surface area (Å²) in [6, 6.07) is 27.1. The lowest BCUT2D eigenvalue weighted by molar-refractivity contribution is -0.123. The standard InChI is InChI=1S/C24H23N3O2/c1-27-22-15-9-8-14-20(22)25-23(27)16-21(18-10-4-2-5-11-18)26-24(28)17-29-19-12-6-3-7-13-19/h2-15,21H,16-17H2,1H3,(H,26,28)/t21-/m1/s1. The van der Waals surface area contributed by atoms with Crippen molar-refractivity contribution in [3.8, 4) is 5.75 Å². The number of aryl methyl sites for hydroxylation is 1. The predicted octanol–water partition coefficient (Wildman–Crippen LogP) is 4.05. The van der Waals surface area contributed by atoms with E-state index in [1.165, 1.54) is 0 Å². The van der Waals surface area contributed by atoms with Crippen LogP contribution in [0.1, 0.15) is 17.4 Å². The first-order valence-electron chi connectivity index (χ1n) is 9.63. The van der Waals surface area contributed by atoms with Crippen molar-refractivity contribution >= 4 is 16.9 Å². The monoisotopic (exact) mass is 385 g/mol. The molecule has 3 aromatic carbocycles. The van der Waals surface area contributed by atoms with E-state index in [9.17, 15) is 4.79 Å². The van der Waals surface area contributed by atoms with Crippen molar-refractivity contribution in [2.75, 3.05) is 6.61 Å². The molecule has 0 saturated heterocycles. The summed E-state index contributed by atoms with van der Waals surface area (Å²) in [5, 5.41) is 3.11. The first-order valence-corrected chi connectivity index (χ1v) is 9.63. The van der Waals surface area contributed by atoms with Gasteiger partial charge in [0, 0.05) is 13.5 Å². The Bertz CT molecular complexity index is 1090. The summed E-state index contributed by atoms with van der Waals surface area (Å²) in [5.74, 6) is 1.43. The van der Waals surface area contributed by atoms with E-state index in [2.05, 4.69) is 16.0 Å². The van der Waals surface area contributed by atoms with Crippen LogP contribution in [0.4, 0.5) is 0 Å². The molecule has 4 aromatic rings. The molecule has 4 rings (SSSR count). The Labute approximate surface area is 170 Å². The molecule has 0 aliphatic rings. The number of amides is 1. The average molecular weight is 385 g/mol. The van der Waals surface area contributed by atoms with E-state index in [1.54, 1.807) is 0 Å². The summed E-state index contributed by atoms with van der Waals surface area (Å²) in [7, 11) is 2.01. The van der Waals surface area contributed by atoms with Crippen LogP contribution in [0, 0.1) is 0 Å².